The lowest BCUT2D eigenvalue weighted by Gasteiger charge is -2.38. The second-order valence-corrected chi connectivity index (χ2v) is 8.47. The normalized spacial score (nSPS) is 24.6. The zero-order valence-corrected chi connectivity index (χ0v) is 18.3. The van der Waals surface area contributed by atoms with Crippen LogP contribution in [0.2, 0.25) is 0 Å². The third-order valence-corrected chi connectivity index (χ3v) is 5.96. The van der Waals surface area contributed by atoms with E-state index in [1.165, 1.54) is 12.2 Å². The summed E-state index contributed by atoms with van der Waals surface area (Å²) in [5.74, 6) is 4.49. The number of rotatable bonds is 5. The molecule has 1 saturated heterocycles. The van der Waals surface area contributed by atoms with Crippen molar-refractivity contribution in [2.24, 2.45) is 16.8 Å². The van der Waals surface area contributed by atoms with Crippen LogP contribution in [0.1, 0.15) is 25.5 Å². The van der Waals surface area contributed by atoms with E-state index < -0.39 is 29.8 Å². The van der Waals surface area contributed by atoms with Crippen molar-refractivity contribution in [1.29, 1.82) is 5.41 Å². The number of fused-ring (bicyclic) bond motifs is 1. The van der Waals surface area contributed by atoms with E-state index in [2.05, 4.69) is 27.2 Å². The molecule has 7 nitrogen and oxygen atoms in total. The van der Waals surface area contributed by atoms with E-state index in [-0.39, 0.29) is 5.56 Å². The number of hydrogen-bond donors (Lipinski definition) is 3. The van der Waals surface area contributed by atoms with Gasteiger partial charge in [-0.05, 0) is 38.0 Å². The predicted octanol–water partition coefficient (Wildman–Crippen LogP) is 2.83. The summed E-state index contributed by atoms with van der Waals surface area (Å²) in [5, 5.41) is 9.44. The van der Waals surface area contributed by atoms with Crippen LogP contribution in [-0.2, 0) is 0 Å². The summed E-state index contributed by atoms with van der Waals surface area (Å²) in [6.07, 6.45) is 0.122. The lowest BCUT2D eigenvalue weighted by molar-refractivity contribution is -0.101. The van der Waals surface area contributed by atoms with Gasteiger partial charge in [0.1, 0.15) is 11.9 Å². The minimum Gasteiger partial charge on any atom is -0.365 e. The molecule has 1 aliphatic carbocycles. The number of aromatic amines is 1. The molecule has 174 valence electrons. The molecule has 10 heteroatoms. The number of nitrogens with one attached hydrogen (secondary N) is 3. The van der Waals surface area contributed by atoms with Crippen LogP contribution in [-0.4, -0.2) is 54.0 Å². The Morgan fingerprint density at radius 3 is 2.88 bits per heavy atom. The van der Waals surface area contributed by atoms with Crippen LogP contribution in [0.4, 0.5) is 18.9 Å². The number of allylic oxidation sites excluding steroid dienone is 4. The Kier molecular flexibility index (Phi) is 6.17. The van der Waals surface area contributed by atoms with Crippen LogP contribution in [0.5, 0.6) is 0 Å². The summed E-state index contributed by atoms with van der Waals surface area (Å²) >= 11 is 0. The summed E-state index contributed by atoms with van der Waals surface area (Å²) in [7, 11) is 1.73. The summed E-state index contributed by atoms with van der Waals surface area (Å²) in [4.78, 5) is 21.8. The van der Waals surface area contributed by atoms with Gasteiger partial charge in [0.2, 0.25) is 0 Å². The molecule has 3 N–H and O–H groups in total. The third kappa shape index (κ3) is 4.73. The van der Waals surface area contributed by atoms with Crippen molar-refractivity contribution in [2.45, 2.75) is 32.1 Å². The van der Waals surface area contributed by atoms with Gasteiger partial charge in [-0.25, -0.2) is 4.99 Å². The lowest BCUT2D eigenvalue weighted by atomic mass is 9.79. The third-order valence-electron chi connectivity index (χ3n) is 5.96. The summed E-state index contributed by atoms with van der Waals surface area (Å²) in [6, 6.07) is 3.37. The number of pyridine rings is 1. The van der Waals surface area contributed by atoms with Gasteiger partial charge in [-0.3, -0.25) is 10.2 Å². The number of H-pyrrole nitrogens is 1. The minimum atomic E-state index is -4.48. The quantitative estimate of drug-likeness (QED) is 0.468. The van der Waals surface area contributed by atoms with E-state index >= 15 is 0 Å². The van der Waals surface area contributed by atoms with Crippen molar-refractivity contribution in [3.05, 3.63) is 52.0 Å². The Balaban J connectivity index is 1.62. The van der Waals surface area contributed by atoms with Gasteiger partial charge < -0.3 is 15.3 Å². The highest BCUT2D eigenvalue weighted by molar-refractivity contribution is 5.98. The fourth-order valence-electron chi connectivity index (χ4n) is 4.54. The van der Waals surface area contributed by atoms with Crippen LogP contribution in [0.3, 0.4) is 0 Å². The Bertz CT molecular complexity index is 1150. The molecule has 3 unspecified atom stereocenters. The van der Waals surface area contributed by atoms with E-state index in [9.17, 15) is 18.0 Å². The average Bonchev–Trinajstić information content (AvgIpc) is 3.01. The van der Waals surface area contributed by atoms with Crippen molar-refractivity contribution in [3.8, 4) is 11.8 Å². The van der Waals surface area contributed by atoms with Crippen LogP contribution >= 0.6 is 0 Å². The fraction of sp³-hybridized carbons (Fsp3) is 0.435. The molecule has 1 fully saturated rings. The van der Waals surface area contributed by atoms with Gasteiger partial charge in [-0.1, -0.05) is 24.0 Å². The van der Waals surface area contributed by atoms with Gasteiger partial charge in [0.05, 0.1) is 18.2 Å². The zero-order valence-electron chi connectivity index (χ0n) is 18.3. The van der Waals surface area contributed by atoms with Gasteiger partial charge in [-0.15, -0.1) is 0 Å². The summed E-state index contributed by atoms with van der Waals surface area (Å²) in [6.45, 7) is 2.61. The van der Waals surface area contributed by atoms with Crippen molar-refractivity contribution in [3.63, 3.8) is 0 Å². The highest BCUT2D eigenvalue weighted by Crippen LogP contribution is 2.41. The number of aliphatic imine (C=N–C) groups is 1. The standard InChI is InChI=1S/C23H25F3N6O/c1-14(27)13-31(2)19-11-10-18(28-22(19)33)20-29-21-16(8-6-12-32(21)30-20)15-7-4-3-5-9-17(15)23(24,25)26/h3,5,9-11,15-16,21,27H,6,8,12-13H2,1-2H3,(H,28,33)(H,29,30). The van der Waals surface area contributed by atoms with Gasteiger partial charge in [-0.2, -0.15) is 18.2 Å². The van der Waals surface area contributed by atoms with Crippen molar-refractivity contribution >= 4 is 17.2 Å². The second kappa shape index (κ2) is 8.90. The number of amidine groups is 1. The largest absolute Gasteiger partial charge is 0.413 e. The molecular weight excluding hydrogens is 433 g/mol. The number of hydrazine groups is 1. The number of aromatic nitrogens is 1. The van der Waals surface area contributed by atoms with Crippen LogP contribution in [0, 0.1) is 29.1 Å². The van der Waals surface area contributed by atoms with Crippen LogP contribution in [0.15, 0.2) is 45.7 Å². The molecule has 0 bridgehead atoms. The van der Waals surface area contributed by atoms with Gasteiger partial charge in [0.15, 0.2) is 5.84 Å². The smallest absolute Gasteiger partial charge is 0.365 e. The maximum absolute atomic E-state index is 13.7. The topological polar surface area (TPSA) is 87.6 Å². The van der Waals surface area contributed by atoms with E-state index in [0.717, 1.165) is 6.08 Å². The number of nitrogens with zero attached hydrogens (tertiary/aromatic N) is 3. The van der Waals surface area contributed by atoms with Crippen LogP contribution in [0.25, 0.3) is 0 Å². The maximum Gasteiger partial charge on any atom is 0.413 e. The van der Waals surface area contributed by atoms with Crippen molar-refractivity contribution in [1.82, 2.24) is 15.4 Å². The van der Waals surface area contributed by atoms with E-state index in [0.29, 0.717) is 48.9 Å². The van der Waals surface area contributed by atoms with Crippen LogP contribution < -0.4 is 15.9 Å². The SMILES string of the molecule is CC(=N)CN(C)c1ccc(C2=NC3C(C4C#CC=CC=C4C(F)(F)F)CCCN3N2)[nH]c1=O. The van der Waals surface area contributed by atoms with Crippen molar-refractivity contribution < 1.29 is 13.2 Å². The Morgan fingerprint density at radius 1 is 1.39 bits per heavy atom. The van der Waals surface area contributed by atoms with Gasteiger partial charge in [0.25, 0.3) is 5.56 Å². The number of alkyl halides is 3. The molecule has 33 heavy (non-hydrogen) atoms. The highest BCUT2D eigenvalue weighted by atomic mass is 19.4. The molecule has 2 aliphatic heterocycles. The zero-order chi connectivity index (χ0) is 23.8. The number of anilines is 1. The first-order valence-electron chi connectivity index (χ1n) is 10.7. The first-order chi connectivity index (χ1) is 15.6. The lowest BCUT2D eigenvalue weighted by Crippen LogP contribution is -2.50. The molecule has 0 spiro atoms. The molecule has 1 aromatic heterocycles. The highest BCUT2D eigenvalue weighted by Gasteiger charge is 2.47. The van der Waals surface area contributed by atoms with E-state index in [4.69, 9.17) is 5.41 Å². The monoisotopic (exact) mass is 458 g/mol. The average molecular weight is 458 g/mol. The number of halogens is 3. The predicted molar refractivity (Wildman–Crippen MR) is 121 cm³/mol. The molecule has 3 aliphatic rings. The second-order valence-electron chi connectivity index (χ2n) is 8.47. The number of piperidine rings is 1. The molecule has 0 saturated carbocycles. The fourth-order valence-corrected chi connectivity index (χ4v) is 4.54. The molecule has 3 heterocycles. The minimum absolute atomic E-state index is 0.325. The molecule has 4 rings (SSSR count). The Labute approximate surface area is 189 Å². The maximum atomic E-state index is 13.7. The molecule has 0 aromatic carbocycles. The van der Waals surface area contributed by atoms with Gasteiger partial charge in [0, 0.05) is 30.8 Å². The first-order valence-corrected chi connectivity index (χ1v) is 10.7. The summed E-state index contributed by atoms with van der Waals surface area (Å²) < 4.78 is 41.2. The first kappa shape index (κ1) is 22.9. The molecule has 3 atom stereocenters. The van der Waals surface area contributed by atoms with E-state index in [1.54, 1.807) is 31.0 Å². The molecule has 0 amide bonds. The Morgan fingerprint density at radius 2 is 2.18 bits per heavy atom. The Hall–Kier alpha value is -3.32. The van der Waals surface area contributed by atoms with E-state index in [1.807, 2.05) is 5.01 Å². The molecule has 0 radical (unpaired) electrons. The molecular formula is C23H25F3N6O. The number of hydrogen-bond acceptors (Lipinski definition) is 6. The van der Waals surface area contributed by atoms with Gasteiger partial charge >= 0.3 is 6.18 Å². The van der Waals surface area contributed by atoms with Crippen molar-refractivity contribution in [2.75, 3.05) is 25.0 Å². The molecule has 1 aromatic rings. The summed E-state index contributed by atoms with van der Waals surface area (Å²) in [5.41, 5.74) is 3.48.